The lowest BCUT2D eigenvalue weighted by atomic mass is 10.0. The van der Waals surface area contributed by atoms with Crippen LogP contribution in [0.15, 0.2) is 18.2 Å². The van der Waals surface area contributed by atoms with Gasteiger partial charge in [0.1, 0.15) is 11.9 Å². The van der Waals surface area contributed by atoms with Gasteiger partial charge in [0.15, 0.2) is 0 Å². The number of rotatable bonds is 4. The Hall–Kier alpha value is -1.02. The number of nitrogens with one attached hydrogen (secondary N) is 1. The summed E-state index contributed by atoms with van der Waals surface area (Å²) >= 11 is 0. The summed E-state index contributed by atoms with van der Waals surface area (Å²) in [7, 11) is 0. The summed E-state index contributed by atoms with van der Waals surface area (Å²) in [6.07, 6.45) is 2.51. The van der Waals surface area contributed by atoms with Gasteiger partial charge < -0.3 is 10.1 Å². The third kappa shape index (κ3) is 2.07. The molecule has 0 saturated carbocycles. The van der Waals surface area contributed by atoms with Gasteiger partial charge in [-0.05, 0) is 37.9 Å². The highest BCUT2D eigenvalue weighted by Gasteiger charge is 2.32. The van der Waals surface area contributed by atoms with Crippen LogP contribution in [0.2, 0.25) is 0 Å². The SMILES string of the molecule is CCCNC1c2ccc(C)cc2OC1CC. The van der Waals surface area contributed by atoms with Crippen molar-refractivity contribution in [3.05, 3.63) is 29.3 Å². The molecular formula is C14H21NO. The number of hydrogen-bond acceptors (Lipinski definition) is 2. The molecule has 2 atom stereocenters. The molecular weight excluding hydrogens is 198 g/mol. The summed E-state index contributed by atoms with van der Waals surface area (Å²) in [5.41, 5.74) is 2.59. The second-order valence-corrected chi connectivity index (χ2v) is 4.54. The molecule has 1 aromatic carbocycles. The van der Waals surface area contributed by atoms with E-state index in [0.29, 0.717) is 12.1 Å². The Morgan fingerprint density at radius 1 is 1.31 bits per heavy atom. The molecule has 16 heavy (non-hydrogen) atoms. The largest absolute Gasteiger partial charge is 0.488 e. The molecule has 2 nitrogen and oxygen atoms in total. The average molecular weight is 219 g/mol. The lowest BCUT2D eigenvalue weighted by Crippen LogP contribution is -2.30. The van der Waals surface area contributed by atoms with Crippen LogP contribution in [-0.4, -0.2) is 12.6 Å². The molecule has 2 rings (SSSR count). The van der Waals surface area contributed by atoms with Crippen LogP contribution < -0.4 is 10.1 Å². The standard InChI is InChI=1S/C14H21NO/c1-4-8-15-14-11-7-6-10(3)9-13(11)16-12(14)5-2/h6-7,9,12,14-15H,4-5,8H2,1-3H3. The van der Waals surface area contributed by atoms with E-state index in [-0.39, 0.29) is 0 Å². The third-order valence-electron chi connectivity index (χ3n) is 3.17. The van der Waals surface area contributed by atoms with Gasteiger partial charge in [0, 0.05) is 5.56 Å². The Morgan fingerprint density at radius 2 is 2.12 bits per heavy atom. The van der Waals surface area contributed by atoms with E-state index >= 15 is 0 Å². The third-order valence-corrected chi connectivity index (χ3v) is 3.17. The van der Waals surface area contributed by atoms with Crippen LogP contribution in [0.1, 0.15) is 43.9 Å². The summed E-state index contributed by atoms with van der Waals surface area (Å²) in [4.78, 5) is 0. The van der Waals surface area contributed by atoms with E-state index in [2.05, 4.69) is 44.3 Å². The number of ether oxygens (including phenoxy) is 1. The van der Waals surface area contributed by atoms with Crippen molar-refractivity contribution in [2.45, 2.75) is 45.8 Å². The van der Waals surface area contributed by atoms with Gasteiger partial charge in [-0.3, -0.25) is 0 Å². The molecule has 2 unspecified atom stereocenters. The van der Waals surface area contributed by atoms with Crippen LogP contribution in [-0.2, 0) is 0 Å². The van der Waals surface area contributed by atoms with E-state index in [1.807, 2.05) is 0 Å². The molecule has 1 N–H and O–H groups in total. The number of benzene rings is 1. The molecule has 0 bridgehead atoms. The van der Waals surface area contributed by atoms with Crippen molar-refractivity contribution in [1.29, 1.82) is 0 Å². The van der Waals surface area contributed by atoms with E-state index in [0.717, 1.165) is 25.1 Å². The van der Waals surface area contributed by atoms with Crippen molar-refractivity contribution in [3.8, 4) is 5.75 Å². The molecule has 1 aliphatic rings. The van der Waals surface area contributed by atoms with Crippen LogP contribution >= 0.6 is 0 Å². The first-order chi connectivity index (χ1) is 7.76. The lowest BCUT2D eigenvalue weighted by Gasteiger charge is -2.18. The highest BCUT2D eigenvalue weighted by Crippen LogP contribution is 2.38. The molecule has 88 valence electrons. The van der Waals surface area contributed by atoms with Crippen molar-refractivity contribution in [2.24, 2.45) is 0 Å². The minimum Gasteiger partial charge on any atom is -0.488 e. The molecule has 0 radical (unpaired) electrons. The van der Waals surface area contributed by atoms with Crippen molar-refractivity contribution in [1.82, 2.24) is 5.32 Å². The summed E-state index contributed by atoms with van der Waals surface area (Å²) in [5, 5.41) is 3.58. The summed E-state index contributed by atoms with van der Waals surface area (Å²) in [6, 6.07) is 6.89. The van der Waals surface area contributed by atoms with Crippen LogP contribution in [0.25, 0.3) is 0 Å². The van der Waals surface area contributed by atoms with Crippen molar-refractivity contribution in [3.63, 3.8) is 0 Å². The minimum absolute atomic E-state index is 0.295. The van der Waals surface area contributed by atoms with Gasteiger partial charge in [-0.1, -0.05) is 26.0 Å². The summed E-state index contributed by atoms with van der Waals surface area (Å²) in [5.74, 6) is 1.07. The van der Waals surface area contributed by atoms with Crippen LogP contribution in [0.5, 0.6) is 5.75 Å². The molecule has 1 aliphatic heterocycles. The van der Waals surface area contributed by atoms with E-state index in [4.69, 9.17) is 4.74 Å². The maximum atomic E-state index is 5.98. The normalized spacial score (nSPS) is 22.9. The Labute approximate surface area is 98.0 Å². The molecule has 0 fully saturated rings. The van der Waals surface area contributed by atoms with Gasteiger partial charge in [0.25, 0.3) is 0 Å². The number of hydrogen-bond donors (Lipinski definition) is 1. The highest BCUT2D eigenvalue weighted by molar-refractivity contribution is 5.43. The predicted molar refractivity (Wildman–Crippen MR) is 66.9 cm³/mol. The second-order valence-electron chi connectivity index (χ2n) is 4.54. The van der Waals surface area contributed by atoms with E-state index in [9.17, 15) is 0 Å². The molecule has 0 saturated heterocycles. The zero-order valence-corrected chi connectivity index (χ0v) is 10.4. The molecule has 0 aliphatic carbocycles. The van der Waals surface area contributed by atoms with Gasteiger partial charge in [-0.15, -0.1) is 0 Å². The van der Waals surface area contributed by atoms with E-state index in [1.165, 1.54) is 11.1 Å². The maximum absolute atomic E-state index is 5.98. The average Bonchev–Trinajstić information content (AvgIpc) is 2.63. The van der Waals surface area contributed by atoms with Crippen LogP contribution in [0, 0.1) is 6.92 Å². The Balaban J connectivity index is 2.22. The lowest BCUT2D eigenvalue weighted by molar-refractivity contribution is 0.185. The van der Waals surface area contributed by atoms with Crippen LogP contribution in [0.3, 0.4) is 0 Å². The van der Waals surface area contributed by atoms with Gasteiger partial charge in [0.05, 0.1) is 6.04 Å². The number of fused-ring (bicyclic) bond motifs is 1. The van der Waals surface area contributed by atoms with E-state index in [1.54, 1.807) is 0 Å². The van der Waals surface area contributed by atoms with Gasteiger partial charge in [0.2, 0.25) is 0 Å². The first-order valence-electron chi connectivity index (χ1n) is 6.26. The van der Waals surface area contributed by atoms with Gasteiger partial charge in [-0.25, -0.2) is 0 Å². The molecule has 0 amide bonds. The first-order valence-corrected chi connectivity index (χ1v) is 6.26. The molecule has 0 aromatic heterocycles. The van der Waals surface area contributed by atoms with Crippen molar-refractivity contribution >= 4 is 0 Å². The van der Waals surface area contributed by atoms with Crippen LogP contribution in [0.4, 0.5) is 0 Å². The topological polar surface area (TPSA) is 21.3 Å². The molecule has 1 aromatic rings. The fraction of sp³-hybridized carbons (Fsp3) is 0.571. The monoisotopic (exact) mass is 219 g/mol. The highest BCUT2D eigenvalue weighted by atomic mass is 16.5. The maximum Gasteiger partial charge on any atom is 0.125 e. The summed E-state index contributed by atoms with van der Waals surface area (Å²) in [6.45, 7) is 7.54. The first kappa shape index (κ1) is 11.5. The van der Waals surface area contributed by atoms with Gasteiger partial charge >= 0.3 is 0 Å². The fourth-order valence-electron chi connectivity index (χ4n) is 2.29. The zero-order chi connectivity index (χ0) is 11.5. The van der Waals surface area contributed by atoms with E-state index < -0.39 is 0 Å². The Bertz CT molecular complexity index is 362. The Morgan fingerprint density at radius 3 is 2.81 bits per heavy atom. The fourth-order valence-corrected chi connectivity index (χ4v) is 2.29. The molecule has 1 heterocycles. The minimum atomic E-state index is 0.295. The number of aryl methyl sites for hydroxylation is 1. The second kappa shape index (κ2) is 4.88. The smallest absolute Gasteiger partial charge is 0.125 e. The molecule has 2 heteroatoms. The Kier molecular flexibility index (Phi) is 3.49. The molecule has 0 spiro atoms. The predicted octanol–water partition coefficient (Wildman–Crippen LogP) is 3.21. The quantitative estimate of drug-likeness (QED) is 0.839. The summed E-state index contributed by atoms with van der Waals surface area (Å²) < 4.78 is 5.98. The van der Waals surface area contributed by atoms with Gasteiger partial charge in [-0.2, -0.15) is 0 Å². The van der Waals surface area contributed by atoms with Crippen molar-refractivity contribution < 1.29 is 4.74 Å². The van der Waals surface area contributed by atoms with Crippen molar-refractivity contribution in [2.75, 3.05) is 6.54 Å². The zero-order valence-electron chi connectivity index (χ0n) is 10.4.